The van der Waals surface area contributed by atoms with Crippen LogP contribution in [0.1, 0.15) is 22.8 Å². The number of hydrogen-bond acceptors (Lipinski definition) is 4. The fourth-order valence-electron chi connectivity index (χ4n) is 6.74. The number of benzene rings is 7. The van der Waals surface area contributed by atoms with Gasteiger partial charge in [-0.05, 0) is 122 Å². The van der Waals surface area contributed by atoms with Crippen molar-refractivity contribution in [3.8, 4) is 39.7 Å². The summed E-state index contributed by atoms with van der Waals surface area (Å²) >= 11 is 0. The van der Waals surface area contributed by atoms with Gasteiger partial charge in [0.25, 0.3) is 0 Å². The van der Waals surface area contributed by atoms with E-state index in [2.05, 4.69) is 121 Å². The van der Waals surface area contributed by atoms with Crippen LogP contribution in [0.3, 0.4) is 0 Å². The third kappa shape index (κ3) is 4.49. The fraction of sp³-hybridized carbons (Fsp3) is 0.0732. The molecule has 0 atom stereocenters. The lowest BCUT2D eigenvalue weighted by Crippen LogP contribution is -2.01. The van der Waals surface area contributed by atoms with Crippen molar-refractivity contribution in [3.05, 3.63) is 138 Å². The van der Waals surface area contributed by atoms with Crippen LogP contribution in [0.4, 0.5) is 0 Å². The molecule has 0 amide bonds. The Bertz CT molecular complexity index is 2520. The van der Waals surface area contributed by atoms with Crippen molar-refractivity contribution in [2.24, 2.45) is 0 Å². The maximum Gasteiger partial charge on any atom is 0.163 e. The molecule has 0 spiro atoms. The van der Waals surface area contributed by atoms with Crippen molar-refractivity contribution < 1.29 is 0 Å². The molecule has 0 aliphatic carbocycles. The van der Waals surface area contributed by atoms with Crippen LogP contribution in [0, 0.1) is 32.1 Å². The molecule has 4 nitrogen and oxygen atoms in total. The quantitative estimate of drug-likeness (QED) is 0.196. The van der Waals surface area contributed by atoms with Crippen molar-refractivity contribution in [1.29, 1.82) is 5.26 Å². The number of hydrogen-bond donors (Lipinski definition) is 0. The van der Waals surface area contributed by atoms with E-state index in [4.69, 9.17) is 9.97 Å². The molecule has 8 rings (SSSR count). The summed E-state index contributed by atoms with van der Waals surface area (Å²) in [5.74, 6) is 2.08. The van der Waals surface area contributed by atoms with E-state index >= 15 is 0 Å². The van der Waals surface area contributed by atoms with E-state index in [1.807, 2.05) is 26.0 Å². The zero-order valence-corrected chi connectivity index (χ0v) is 25.3. The van der Waals surface area contributed by atoms with Crippen molar-refractivity contribution in [2.45, 2.75) is 20.8 Å². The lowest BCUT2D eigenvalue weighted by atomic mass is 9.83. The molecule has 0 bridgehead atoms. The SMILES string of the molecule is Cc1nc(C)nc(-c2cc3c(-c4ccc5ccccc5c4)c4ccc(C#N)cc4c(-c4ccc5ccccc5c4)c3cc2C)n1. The second-order valence-electron chi connectivity index (χ2n) is 11.7. The molecule has 8 aromatic rings. The van der Waals surface area contributed by atoms with Crippen LogP contribution in [0.15, 0.2) is 115 Å². The zero-order chi connectivity index (χ0) is 30.7. The van der Waals surface area contributed by atoms with E-state index < -0.39 is 0 Å². The van der Waals surface area contributed by atoms with Crippen molar-refractivity contribution in [2.75, 3.05) is 0 Å². The van der Waals surface area contributed by atoms with Gasteiger partial charge in [-0.1, -0.05) is 84.9 Å². The van der Waals surface area contributed by atoms with Crippen LogP contribution in [-0.4, -0.2) is 15.0 Å². The second kappa shape index (κ2) is 10.4. The predicted octanol–water partition coefficient (Wildman–Crippen LogP) is 10.3. The van der Waals surface area contributed by atoms with Crippen LogP contribution < -0.4 is 0 Å². The summed E-state index contributed by atoms with van der Waals surface area (Å²) < 4.78 is 0. The standard InChI is InChI=1S/C41H28N4/c1-24-18-36-38(22-35(24)41-44-25(2)43-26(3)45-41)39(32-15-13-28-8-4-6-10-30(28)20-32)34-17-12-27(23-42)19-37(34)40(36)33-16-14-29-9-5-7-11-31(29)21-33/h4-22H,1-3H3. The number of nitriles is 1. The first-order valence-electron chi connectivity index (χ1n) is 15.1. The van der Waals surface area contributed by atoms with Crippen LogP contribution in [0.2, 0.25) is 0 Å². The Morgan fingerprint density at radius 2 is 1.02 bits per heavy atom. The molecule has 0 unspecified atom stereocenters. The Balaban J connectivity index is 1.56. The van der Waals surface area contributed by atoms with Gasteiger partial charge in [-0.2, -0.15) is 5.26 Å². The summed E-state index contributed by atoms with van der Waals surface area (Å²) in [5.41, 5.74) is 7.18. The molecule has 1 aromatic heterocycles. The molecule has 0 saturated heterocycles. The maximum absolute atomic E-state index is 10.0. The Kier molecular flexibility index (Phi) is 6.15. The molecule has 0 fully saturated rings. The van der Waals surface area contributed by atoms with Gasteiger partial charge in [0.2, 0.25) is 0 Å². The van der Waals surface area contributed by atoms with Crippen molar-refractivity contribution >= 4 is 43.1 Å². The summed E-state index contributed by atoms with van der Waals surface area (Å²) in [6, 6.07) is 43.2. The minimum absolute atomic E-state index is 0.637. The maximum atomic E-state index is 10.0. The van der Waals surface area contributed by atoms with Crippen LogP contribution in [-0.2, 0) is 0 Å². The van der Waals surface area contributed by atoms with E-state index in [0.717, 1.165) is 54.9 Å². The van der Waals surface area contributed by atoms with Gasteiger partial charge >= 0.3 is 0 Å². The fourth-order valence-corrected chi connectivity index (χ4v) is 6.74. The topological polar surface area (TPSA) is 62.5 Å². The summed E-state index contributed by atoms with van der Waals surface area (Å²) in [4.78, 5) is 13.9. The van der Waals surface area contributed by atoms with Gasteiger partial charge in [0.15, 0.2) is 5.82 Å². The third-order valence-corrected chi connectivity index (χ3v) is 8.77. The van der Waals surface area contributed by atoms with Gasteiger partial charge in [0.05, 0.1) is 11.6 Å². The summed E-state index contributed by atoms with van der Waals surface area (Å²) in [5, 5.41) is 19.1. The van der Waals surface area contributed by atoms with E-state index in [9.17, 15) is 5.26 Å². The first-order valence-corrected chi connectivity index (χ1v) is 15.1. The van der Waals surface area contributed by atoms with Gasteiger partial charge in [-0.3, -0.25) is 0 Å². The van der Waals surface area contributed by atoms with Crippen molar-refractivity contribution in [3.63, 3.8) is 0 Å². The largest absolute Gasteiger partial charge is 0.219 e. The van der Waals surface area contributed by atoms with E-state index in [1.54, 1.807) is 0 Å². The molecule has 0 saturated carbocycles. The minimum Gasteiger partial charge on any atom is -0.219 e. The molecule has 0 N–H and O–H groups in total. The first kappa shape index (κ1) is 26.7. The van der Waals surface area contributed by atoms with Gasteiger partial charge in [0, 0.05) is 5.56 Å². The van der Waals surface area contributed by atoms with Crippen molar-refractivity contribution in [1.82, 2.24) is 15.0 Å². The van der Waals surface area contributed by atoms with Crippen LogP contribution in [0.5, 0.6) is 0 Å². The highest BCUT2D eigenvalue weighted by Crippen LogP contribution is 2.46. The van der Waals surface area contributed by atoms with Crippen LogP contribution in [0.25, 0.3) is 76.7 Å². The van der Waals surface area contributed by atoms with Gasteiger partial charge in [-0.25, -0.2) is 15.0 Å². The van der Waals surface area contributed by atoms with E-state index in [-0.39, 0.29) is 0 Å². The summed E-state index contributed by atoms with van der Waals surface area (Å²) in [6.07, 6.45) is 0. The molecule has 212 valence electrons. The molecule has 1 heterocycles. The smallest absolute Gasteiger partial charge is 0.163 e. The number of rotatable bonds is 3. The minimum atomic E-state index is 0.637. The first-order chi connectivity index (χ1) is 22.0. The molecule has 4 heteroatoms. The highest BCUT2D eigenvalue weighted by atomic mass is 15.0. The Morgan fingerprint density at radius 3 is 1.62 bits per heavy atom. The Hall–Kier alpha value is -5.92. The average Bonchev–Trinajstić information content (AvgIpc) is 3.05. The Labute approximate surface area is 261 Å². The molecule has 45 heavy (non-hydrogen) atoms. The zero-order valence-electron chi connectivity index (χ0n) is 25.3. The number of nitrogens with zero attached hydrogens (tertiary/aromatic N) is 4. The Morgan fingerprint density at radius 1 is 0.489 bits per heavy atom. The predicted molar refractivity (Wildman–Crippen MR) is 185 cm³/mol. The molecule has 0 aliphatic rings. The molecule has 0 aliphatic heterocycles. The normalized spacial score (nSPS) is 11.4. The highest BCUT2D eigenvalue weighted by Gasteiger charge is 2.20. The second-order valence-corrected chi connectivity index (χ2v) is 11.7. The summed E-state index contributed by atoms with van der Waals surface area (Å²) in [7, 11) is 0. The third-order valence-electron chi connectivity index (χ3n) is 8.77. The number of aryl methyl sites for hydroxylation is 3. The molecule has 7 aromatic carbocycles. The van der Waals surface area contributed by atoms with Gasteiger partial charge in [-0.15, -0.1) is 0 Å². The van der Waals surface area contributed by atoms with Gasteiger partial charge < -0.3 is 0 Å². The lowest BCUT2D eigenvalue weighted by Gasteiger charge is -2.20. The molecular weight excluding hydrogens is 548 g/mol. The summed E-state index contributed by atoms with van der Waals surface area (Å²) in [6.45, 7) is 5.94. The molecular formula is C41H28N4. The number of aromatic nitrogens is 3. The number of fused-ring (bicyclic) bond motifs is 4. The average molecular weight is 577 g/mol. The van der Waals surface area contributed by atoms with E-state index in [0.29, 0.717) is 23.0 Å². The van der Waals surface area contributed by atoms with Crippen LogP contribution >= 0.6 is 0 Å². The lowest BCUT2D eigenvalue weighted by molar-refractivity contribution is 0.928. The van der Waals surface area contributed by atoms with Gasteiger partial charge in [0.1, 0.15) is 11.6 Å². The monoisotopic (exact) mass is 576 g/mol. The van der Waals surface area contributed by atoms with E-state index in [1.165, 1.54) is 21.5 Å². The highest BCUT2D eigenvalue weighted by molar-refractivity contribution is 6.23. The molecule has 0 radical (unpaired) electrons.